The zero-order chi connectivity index (χ0) is 15.2. The van der Waals surface area contributed by atoms with Gasteiger partial charge in [0, 0.05) is 32.1 Å². The molecule has 6 nitrogen and oxygen atoms in total. The maximum absolute atomic E-state index is 12.3. The van der Waals surface area contributed by atoms with Gasteiger partial charge in [-0.2, -0.15) is 0 Å². The van der Waals surface area contributed by atoms with E-state index in [1.54, 1.807) is 6.07 Å². The number of carbonyl (C=O) groups is 2. The largest absolute Gasteiger partial charge is 0.490 e. The Hall–Kier alpha value is -2.08. The monoisotopic (exact) mass is 291 g/mol. The van der Waals surface area contributed by atoms with Crippen molar-refractivity contribution in [3.63, 3.8) is 0 Å². The zero-order valence-electron chi connectivity index (χ0n) is 12.4. The van der Waals surface area contributed by atoms with Crippen LogP contribution in [0.15, 0.2) is 18.2 Å². The molecule has 2 rings (SSSR count). The molecule has 1 aromatic carbocycles. The number of hydrogen-bond donors (Lipinski definition) is 3. The summed E-state index contributed by atoms with van der Waals surface area (Å²) in [5.41, 5.74) is 1.50. The molecule has 1 atom stereocenters. The summed E-state index contributed by atoms with van der Waals surface area (Å²) in [5, 5.41) is 9.00. The normalized spacial score (nSPS) is 14.4. The van der Waals surface area contributed by atoms with E-state index in [2.05, 4.69) is 16.0 Å². The molecule has 0 saturated carbocycles. The van der Waals surface area contributed by atoms with Crippen LogP contribution in [-0.4, -0.2) is 44.0 Å². The number of carbonyl (C=O) groups excluding carboxylic acids is 2. The van der Waals surface area contributed by atoms with Crippen LogP contribution in [0.5, 0.6) is 5.75 Å². The summed E-state index contributed by atoms with van der Waals surface area (Å²) < 4.78 is 5.49. The molecule has 1 aliphatic rings. The minimum Gasteiger partial charge on any atom is -0.490 e. The van der Waals surface area contributed by atoms with Gasteiger partial charge in [0.15, 0.2) is 5.78 Å². The molecule has 0 bridgehead atoms. The topological polar surface area (TPSA) is 79.5 Å². The second-order valence-electron chi connectivity index (χ2n) is 5.01. The first-order valence-electron chi connectivity index (χ1n) is 7.10. The van der Waals surface area contributed by atoms with E-state index >= 15 is 0 Å². The predicted octanol–water partition coefficient (Wildman–Crippen LogP) is 0.788. The van der Waals surface area contributed by atoms with Crippen LogP contribution < -0.4 is 20.7 Å². The van der Waals surface area contributed by atoms with Gasteiger partial charge in [-0.25, -0.2) is 0 Å². The highest BCUT2D eigenvalue weighted by Gasteiger charge is 2.17. The van der Waals surface area contributed by atoms with Crippen LogP contribution in [-0.2, 0) is 4.79 Å². The number of anilines is 1. The van der Waals surface area contributed by atoms with E-state index in [9.17, 15) is 9.59 Å². The van der Waals surface area contributed by atoms with Crippen molar-refractivity contribution in [2.24, 2.45) is 0 Å². The van der Waals surface area contributed by atoms with Gasteiger partial charge in [0.1, 0.15) is 12.4 Å². The third kappa shape index (κ3) is 4.19. The van der Waals surface area contributed by atoms with Crippen molar-refractivity contribution in [3.8, 4) is 5.75 Å². The Kier molecular flexibility index (Phi) is 5.16. The average Bonchev–Trinajstić information content (AvgIpc) is 2.50. The van der Waals surface area contributed by atoms with Gasteiger partial charge in [0.05, 0.1) is 11.7 Å². The van der Waals surface area contributed by atoms with Crippen molar-refractivity contribution in [2.75, 3.05) is 31.6 Å². The molecule has 0 spiro atoms. The van der Waals surface area contributed by atoms with E-state index in [1.807, 2.05) is 19.1 Å². The lowest BCUT2D eigenvalue weighted by atomic mass is 10.0. The number of nitrogens with one attached hydrogen (secondary N) is 3. The number of rotatable bonds is 6. The van der Waals surface area contributed by atoms with Crippen molar-refractivity contribution >= 4 is 17.4 Å². The van der Waals surface area contributed by atoms with Crippen molar-refractivity contribution in [3.05, 3.63) is 23.8 Å². The number of ketones is 1. The molecule has 3 N–H and O–H groups in total. The first-order chi connectivity index (χ1) is 10.1. The minimum absolute atomic E-state index is 0.0213. The van der Waals surface area contributed by atoms with Crippen molar-refractivity contribution in [1.82, 2.24) is 10.6 Å². The summed E-state index contributed by atoms with van der Waals surface area (Å²) in [6, 6.07) is 5.11. The number of ether oxygens (including phenoxy) is 1. The van der Waals surface area contributed by atoms with Crippen LogP contribution in [0.1, 0.15) is 24.2 Å². The van der Waals surface area contributed by atoms with Crippen molar-refractivity contribution < 1.29 is 14.3 Å². The fourth-order valence-corrected chi connectivity index (χ4v) is 2.16. The fraction of sp³-hybridized carbons (Fsp3) is 0.467. The smallest absolute Gasteiger partial charge is 0.216 e. The second-order valence-corrected chi connectivity index (χ2v) is 5.01. The molecule has 0 saturated heterocycles. The van der Waals surface area contributed by atoms with Crippen LogP contribution in [0, 0.1) is 0 Å². The van der Waals surface area contributed by atoms with Crippen LogP contribution in [0.2, 0.25) is 0 Å². The van der Waals surface area contributed by atoms with Crippen LogP contribution in [0.3, 0.4) is 0 Å². The first-order valence-corrected chi connectivity index (χ1v) is 7.10. The molecular formula is C15H21N3O3. The van der Waals surface area contributed by atoms with E-state index in [-0.39, 0.29) is 17.7 Å². The van der Waals surface area contributed by atoms with E-state index < -0.39 is 0 Å². The molecule has 1 unspecified atom stereocenters. The molecule has 1 amide bonds. The molecule has 0 aromatic heterocycles. The van der Waals surface area contributed by atoms with Gasteiger partial charge >= 0.3 is 0 Å². The summed E-state index contributed by atoms with van der Waals surface area (Å²) >= 11 is 0. The minimum atomic E-state index is -0.304. The number of amides is 1. The molecule has 0 radical (unpaired) electrons. The van der Waals surface area contributed by atoms with E-state index in [0.29, 0.717) is 25.3 Å². The third-order valence-corrected chi connectivity index (χ3v) is 3.28. The number of fused-ring (bicyclic) bond motifs is 1. The molecule has 1 aliphatic heterocycles. The second kappa shape index (κ2) is 7.08. The van der Waals surface area contributed by atoms with Gasteiger partial charge in [0.2, 0.25) is 5.91 Å². The predicted molar refractivity (Wildman–Crippen MR) is 80.9 cm³/mol. The highest BCUT2D eigenvalue weighted by Crippen LogP contribution is 2.28. The highest BCUT2D eigenvalue weighted by molar-refractivity contribution is 6.01. The van der Waals surface area contributed by atoms with E-state index in [0.717, 1.165) is 18.0 Å². The number of hydrogen-bond acceptors (Lipinski definition) is 5. The van der Waals surface area contributed by atoms with Gasteiger partial charge in [-0.05, 0) is 25.1 Å². The summed E-state index contributed by atoms with van der Waals surface area (Å²) in [6.07, 6.45) is 0. The molecule has 21 heavy (non-hydrogen) atoms. The Labute approximate surface area is 124 Å². The quantitative estimate of drug-likeness (QED) is 0.533. The van der Waals surface area contributed by atoms with Crippen LogP contribution in [0.4, 0.5) is 5.69 Å². The van der Waals surface area contributed by atoms with Gasteiger partial charge in [-0.15, -0.1) is 0 Å². The average molecular weight is 291 g/mol. The summed E-state index contributed by atoms with van der Waals surface area (Å²) in [5.74, 6) is 0.730. The van der Waals surface area contributed by atoms with Crippen molar-refractivity contribution in [2.45, 2.75) is 19.9 Å². The lowest BCUT2D eigenvalue weighted by molar-refractivity contribution is -0.118. The molecule has 6 heteroatoms. The van der Waals surface area contributed by atoms with E-state index in [4.69, 9.17) is 4.74 Å². The molecular weight excluding hydrogens is 270 g/mol. The van der Waals surface area contributed by atoms with Crippen molar-refractivity contribution in [1.29, 1.82) is 0 Å². The molecule has 1 aromatic rings. The Bertz CT molecular complexity index is 531. The summed E-state index contributed by atoms with van der Waals surface area (Å²) in [6.45, 7) is 5.73. The third-order valence-electron chi connectivity index (χ3n) is 3.28. The molecule has 114 valence electrons. The number of benzene rings is 1. The van der Waals surface area contributed by atoms with Crippen LogP contribution in [0.25, 0.3) is 0 Å². The lowest BCUT2D eigenvalue weighted by Gasteiger charge is -2.20. The maximum atomic E-state index is 12.3. The maximum Gasteiger partial charge on any atom is 0.216 e. The zero-order valence-corrected chi connectivity index (χ0v) is 12.4. The van der Waals surface area contributed by atoms with E-state index in [1.165, 1.54) is 6.92 Å². The Morgan fingerprint density at radius 2 is 2.19 bits per heavy atom. The number of Topliss-reactive ketones (excluding diaryl/α,β-unsaturated/α-hetero) is 1. The SMILES string of the molecule is CC(=O)NCCNC(C)C(=O)c1ccc2c(c1)NCCO2. The molecule has 0 fully saturated rings. The van der Waals surface area contributed by atoms with Gasteiger partial charge in [-0.3, -0.25) is 9.59 Å². The van der Waals surface area contributed by atoms with Gasteiger partial charge in [0.25, 0.3) is 0 Å². The molecule has 1 heterocycles. The Morgan fingerprint density at radius 3 is 2.95 bits per heavy atom. The van der Waals surface area contributed by atoms with Gasteiger partial charge in [-0.1, -0.05) is 0 Å². The highest BCUT2D eigenvalue weighted by atomic mass is 16.5. The summed E-state index contributed by atoms with van der Waals surface area (Å²) in [7, 11) is 0. The summed E-state index contributed by atoms with van der Waals surface area (Å²) in [4.78, 5) is 23.1. The van der Waals surface area contributed by atoms with Crippen LogP contribution >= 0.6 is 0 Å². The Morgan fingerprint density at radius 1 is 1.38 bits per heavy atom. The molecule has 0 aliphatic carbocycles. The Balaban J connectivity index is 1.91. The fourth-order valence-electron chi connectivity index (χ4n) is 2.16. The first kappa shape index (κ1) is 15.3. The van der Waals surface area contributed by atoms with Gasteiger partial charge < -0.3 is 20.7 Å². The standard InChI is InChI=1S/C15H21N3O3/c1-10(16-5-6-17-11(2)19)15(20)12-3-4-14-13(9-12)18-7-8-21-14/h3-4,9-10,16,18H,5-8H2,1-2H3,(H,17,19). The lowest BCUT2D eigenvalue weighted by Crippen LogP contribution is -2.39.